The van der Waals surface area contributed by atoms with Crippen LogP contribution in [0.1, 0.15) is 29.5 Å². The van der Waals surface area contributed by atoms with Crippen LogP contribution in [0.3, 0.4) is 0 Å². The van der Waals surface area contributed by atoms with Gasteiger partial charge in [0.2, 0.25) is 0 Å². The van der Waals surface area contributed by atoms with E-state index in [-0.39, 0.29) is 11.8 Å². The fourth-order valence-electron chi connectivity index (χ4n) is 3.17. The quantitative estimate of drug-likeness (QED) is 0.509. The van der Waals surface area contributed by atoms with E-state index in [1.807, 2.05) is 12.1 Å². The molecule has 4 rings (SSSR count). The molecule has 0 bridgehead atoms. The normalized spacial score (nSPS) is 15.5. The summed E-state index contributed by atoms with van der Waals surface area (Å²) in [5.74, 6) is 1.58. The van der Waals surface area contributed by atoms with Crippen molar-refractivity contribution in [2.45, 2.75) is 19.3 Å². The Hall–Kier alpha value is -2.37. The first-order valence-corrected chi connectivity index (χ1v) is 9.37. The number of pyridine rings is 1. The molecule has 0 saturated heterocycles. The third-order valence-corrected chi connectivity index (χ3v) is 5.60. The number of nitrogens with zero attached hydrogens (tertiary/aromatic N) is 2. The summed E-state index contributed by atoms with van der Waals surface area (Å²) in [7, 11) is 3.40. The number of rotatable bonds is 4. The zero-order valence-corrected chi connectivity index (χ0v) is 16.3. The molecule has 1 saturated carbocycles. The van der Waals surface area contributed by atoms with Gasteiger partial charge in [-0.25, -0.2) is 0 Å². The molecule has 1 aromatic carbocycles. The molecule has 1 fully saturated rings. The number of hydrogen-bond donors (Lipinski definition) is 2. The molecule has 2 N–H and O–H groups in total. The van der Waals surface area contributed by atoms with E-state index in [1.54, 1.807) is 20.4 Å². The fourth-order valence-corrected chi connectivity index (χ4v) is 3.50. The van der Waals surface area contributed by atoms with Crippen LogP contribution >= 0.6 is 0 Å². The van der Waals surface area contributed by atoms with Crippen molar-refractivity contribution in [1.82, 2.24) is 4.98 Å². The Kier molecular flexibility index (Phi) is 4.42. The predicted octanol–water partition coefficient (Wildman–Crippen LogP) is 2.63. The Morgan fingerprint density at radius 1 is 1.38 bits per heavy atom. The van der Waals surface area contributed by atoms with Gasteiger partial charge in [0.25, 0.3) is 0 Å². The molecule has 26 heavy (non-hydrogen) atoms. The Morgan fingerprint density at radius 3 is 2.88 bits per heavy atom. The van der Waals surface area contributed by atoms with Crippen molar-refractivity contribution in [3.05, 3.63) is 41.1 Å². The first-order chi connectivity index (χ1) is 12.6. The molecule has 2 heterocycles. The third kappa shape index (κ3) is 2.97. The zero-order chi connectivity index (χ0) is 18.3. The molecule has 1 aromatic heterocycles. The summed E-state index contributed by atoms with van der Waals surface area (Å²) in [6, 6.07) is 5.96. The summed E-state index contributed by atoms with van der Waals surface area (Å²) in [6.45, 7) is 0. The van der Waals surface area contributed by atoms with Crippen LogP contribution in [0.25, 0.3) is 0 Å². The predicted molar refractivity (Wildman–Crippen MR) is 103 cm³/mol. The number of para-hydroxylation sites is 1. The van der Waals surface area contributed by atoms with E-state index in [2.05, 4.69) is 42.7 Å². The second kappa shape index (κ2) is 6.74. The van der Waals surface area contributed by atoms with E-state index in [4.69, 9.17) is 4.74 Å². The van der Waals surface area contributed by atoms with Crippen molar-refractivity contribution in [3.63, 3.8) is 0 Å². The van der Waals surface area contributed by atoms with Crippen molar-refractivity contribution < 1.29 is 9.53 Å². The minimum absolute atomic E-state index is 0.0522. The first kappa shape index (κ1) is 17.1. The summed E-state index contributed by atoms with van der Waals surface area (Å²) >= 11 is 2.99. The number of methoxy groups -OCH3 is 1. The molecule has 1 amide bonds. The van der Waals surface area contributed by atoms with E-state index < -0.39 is 0 Å². The van der Waals surface area contributed by atoms with Gasteiger partial charge in [0.05, 0.1) is 0 Å². The molecular weight excluding hydrogens is 395 g/mol. The molecule has 0 unspecified atom stereocenters. The molecule has 7 heteroatoms. The average Bonchev–Trinajstić information content (AvgIpc) is 3.51. The standard InChI is InChI=1S/C19H19N4O2Se/c1-20-19(26)13-9-21-17(23-18(24)10-6-7-10)12-8-11-4-3-5-14(25-2)15(11)22-16(12)13/h3-5,9-10,22H,6-8H2,1-2H3,(H,21,23,24). The fraction of sp³-hybridized carbons (Fsp3) is 0.316. The van der Waals surface area contributed by atoms with Crippen LogP contribution in [0.15, 0.2) is 29.4 Å². The number of fused-ring (bicyclic) bond motifs is 2. The molecule has 0 spiro atoms. The summed E-state index contributed by atoms with van der Waals surface area (Å²) in [5.41, 5.74) is 4.80. The molecule has 133 valence electrons. The molecule has 1 aliphatic carbocycles. The second-order valence-corrected chi connectivity index (χ2v) is 7.27. The Labute approximate surface area is 160 Å². The van der Waals surface area contributed by atoms with E-state index in [0.29, 0.717) is 12.2 Å². The second-order valence-electron chi connectivity index (χ2n) is 6.46. The van der Waals surface area contributed by atoms with Crippen LogP contribution in [0.5, 0.6) is 5.75 Å². The van der Waals surface area contributed by atoms with Crippen molar-refractivity contribution in [2.75, 3.05) is 24.8 Å². The first-order valence-electron chi connectivity index (χ1n) is 8.52. The van der Waals surface area contributed by atoms with Crippen LogP contribution in [0, 0.1) is 5.92 Å². The number of amides is 1. The molecule has 6 nitrogen and oxygen atoms in total. The number of benzene rings is 1. The van der Waals surface area contributed by atoms with Gasteiger partial charge in [-0.3, -0.25) is 0 Å². The van der Waals surface area contributed by atoms with E-state index in [9.17, 15) is 4.79 Å². The van der Waals surface area contributed by atoms with Gasteiger partial charge in [-0.05, 0) is 0 Å². The maximum absolute atomic E-state index is 12.3. The molecule has 2 aliphatic rings. The maximum atomic E-state index is 12.3. The van der Waals surface area contributed by atoms with E-state index in [1.165, 1.54) is 0 Å². The number of aromatic nitrogens is 1. The number of nitrogens with one attached hydrogen (secondary N) is 2. The number of ether oxygens (including phenoxy) is 1. The van der Waals surface area contributed by atoms with Crippen LogP contribution in [-0.2, 0) is 11.2 Å². The van der Waals surface area contributed by atoms with Gasteiger partial charge in [0.15, 0.2) is 0 Å². The van der Waals surface area contributed by atoms with Crippen molar-refractivity contribution in [3.8, 4) is 5.75 Å². The van der Waals surface area contributed by atoms with Gasteiger partial charge in [-0.1, -0.05) is 0 Å². The Balaban J connectivity index is 1.81. The van der Waals surface area contributed by atoms with Gasteiger partial charge in [0, 0.05) is 0 Å². The van der Waals surface area contributed by atoms with Crippen LogP contribution in [0.2, 0.25) is 0 Å². The number of hydrogen-bond acceptors (Lipinski definition) is 5. The molecule has 0 atom stereocenters. The summed E-state index contributed by atoms with van der Waals surface area (Å²) in [6.07, 6.45) is 4.32. The number of carbonyl (C=O) groups is 1. The summed E-state index contributed by atoms with van der Waals surface area (Å²) in [5, 5.41) is 6.49. The molecule has 2 aromatic rings. The van der Waals surface area contributed by atoms with Crippen molar-refractivity contribution >= 4 is 43.7 Å². The van der Waals surface area contributed by atoms with Crippen LogP contribution in [0.4, 0.5) is 17.2 Å². The molecular formula is C19H19N4O2Se. The number of anilines is 3. The van der Waals surface area contributed by atoms with Crippen molar-refractivity contribution in [1.29, 1.82) is 0 Å². The SMILES string of the molecule is CN=C([Se])c1cnc(NC(=O)C2CC2)c2c1Nc1c(cccc1OC)C2. The van der Waals surface area contributed by atoms with Gasteiger partial charge in [0.1, 0.15) is 0 Å². The van der Waals surface area contributed by atoms with Crippen molar-refractivity contribution in [2.24, 2.45) is 10.9 Å². The summed E-state index contributed by atoms with van der Waals surface area (Å²) in [4.78, 5) is 21.0. The molecule has 1 aliphatic heterocycles. The van der Waals surface area contributed by atoms with Crippen LogP contribution in [-0.4, -0.2) is 45.7 Å². The Morgan fingerprint density at radius 2 is 2.19 bits per heavy atom. The Bertz CT molecular complexity index is 922. The average molecular weight is 414 g/mol. The van der Waals surface area contributed by atoms with E-state index in [0.717, 1.165) is 51.3 Å². The van der Waals surface area contributed by atoms with Gasteiger partial charge in [-0.2, -0.15) is 0 Å². The molecule has 1 radical (unpaired) electrons. The minimum atomic E-state index is 0.0522. The zero-order valence-electron chi connectivity index (χ0n) is 14.6. The monoisotopic (exact) mass is 415 g/mol. The topological polar surface area (TPSA) is 75.6 Å². The van der Waals surface area contributed by atoms with E-state index >= 15 is 0 Å². The van der Waals surface area contributed by atoms with Gasteiger partial charge in [-0.15, -0.1) is 0 Å². The number of carbonyl (C=O) groups excluding carboxylic acids is 1. The van der Waals surface area contributed by atoms with Crippen LogP contribution < -0.4 is 15.4 Å². The van der Waals surface area contributed by atoms with Gasteiger partial charge >= 0.3 is 160 Å². The number of aliphatic imine (C=N–C) groups is 1. The summed E-state index contributed by atoms with van der Waals surface area (Å²) < 4.78 is 6.27. The third-order valence-electron chi connectivity index (χ3n) is 4.75. The van der Waals surface area contributed by atoms with Gasteiger partial charge < -0.3 is 0 Å².